The Morgan fingerprint density at radius 3 is 2.87 bits per heavy atom. The first kappa shape index (κ1) is 12.1. The van der Waals surface area contributed by atoms with Crippen LogP contribution < -0.4 is 0 Å². The van der Waals surface area contributed by atoms with E-state index in [0.29, 0.717) is 6.54 Å². The van der Waals surface area contributed by atoms with Gasteiger partial charge in [-0.15, -0.1) is 11.3 Å². The van der Waals surface area contributed by atoms with Crippen molar-refractivity contribution in [2.24, 2.45) is 5.92 Å². The number of aryl methyl sites for hydroxylation is 1. The van der Waals surface area contributed by atoms with Gasteiger partial charge in [-0.05, 0) is 14.0 Å². The van der Waals surface area contributed by atoms with Gasteiger partial charge in [0.25, 0.3) is 0 Å². The second-order valence-electron chi connectivity index (χ2n) is 3.78. The molecular weight excluding hydrogens is 212 g/mol. The van der Waals surface area contributed by atoms with Gasteiger partial charge in [0.05, 0.1) is 10.9 Å². The van der Waals surface area contributed by atoms with Gasteiger partial charge in [-0.1, -0.05) is 6.92 Å². The number of hydrogen-bond acceptors (Lipinski definition) is 4. The van der Waals surface area contributed by atoms with Gasteiger partial charge in [-0.2, -0.15) is 0 Å². The van der Waals surface area contributed by atoms with E-state index in [1.165, 1.54) is 4.88 Å². The number of thiazole rings is 1. The molecule has 1 aromatic heterocycles. The second kappa shape index (κ2) is 5.23. The fourth-order valence-electron chi connectivity index (χ4n) is 1.35. The first-order chi connectivity index (χ1) is 6.99. The van der Waals surface area contributed by atoms with Crippen molar-refractivity contribution in [3.05, 3.63) is 16.1 Å². The van der Waals surface area contributed by atoms with E-state index in [2.05, 4.69) is 4.98 Å². The largest absolute Gasteiger partial charge is 0.481 e. The van der Waals surface area contributed by atoms with Crippen molar-refractivity contribution in [1.82, 2.24) is 9.88 Å². The third kappa shape index (κ3) is 3.97. The summed E-state index contributed by atoms with van der Waals surface area (Å²) in [5.74, 6) is -1.08. The maximum atomic E-state index is 10.7. The molecule has 4 nitrogen and oxygen atoms in total. The van der Waals surface area contributed by atoms with Crippen LogP contribution >= 0.6 is 11.3 Å². The van der Waals surface area contributed by atoms with Crippen LogP contribution in [0.4, 0.5) is 0 Å². The third-order valence-corrected chi connectivity index (χ3v) is 3.00. The van der Waals surface area contributed by atoms with Crippen molar-refractivity contribution in [3.8, 4) is 0 Å². The number of aromatic nitrogens is 1. The minimum absolute atomic E-state index is 0.330. The molecule has 0 aliphatic carbocycles. The van der Waals surface area contributed by atoms with Gasteiger partial charge in [0, 0.05) is 24.2 Å². The molecule has 0 aliphatic rings. The van der Waals surface area contributed by atoms with Gasteiger partial charge in [-0.25, -0.2) is 4.98 Å². The quantitative estimate of drug-likeness (QED) is 0.831. The van der Waals surface area contributed by atoms with Crippen LogP contribution in [0.5, 0.6) is 0 Å². The van der Waals surface area contributed by atoms with Gasteiger partial charge in [0.1, 0.15) is 0 Å². The third-order valence-electron chi connectivity index (χ3n) is 2.10. The molecule has 5 heteroatoms. The Hall–Kier alpha value is -0.940. The van der Waals surface area contributed by atoms with E-state index in [-0.39, 0.29) is 5.92 Å². The number of carboxylic acid groups (broad SMARTS) is 1. The van der Waals surface area contributed by atoms with Crippen molar-refractivity contribution in [2.75, 3.05) is 13.6 Å². The maximum Gasteiger partial charge on any atom is 0.307 e. The zero-order valence-electron chi connectivity index (χ0n) is 9.23. The number of aliphatic carboxylic acids is 1. The minimum atomic E-state index is -0.748. The molecule has 0 fully saturated rings. The Morgan fingerprint density at radius 1 is 1.73 bits per heavy atom. The molecule has 0 saturated heterocycles. The highest BCUT2D eigenvalue weighted by molar-refractivity contribution is 7.11. The maximum absolute atomic E-state index is 10.7. The van der Waals surface area contributed by atoms with Crippen LogP contribution in [-0.2, 0) is 11.3 Å². The van der Waals surface area contributed by atoms with Crippen LogP contribution in [0.25, 0.3) is 0 Å². The van der Waals surface area contributed by atoms with Crippen molar-refractivity contribution in [1.29, 1.82) is 0 Å². The predicted molar refractivity (Wildman–Crippen MR) is 60.0 cm³/mol. The Balaban J connectivity index is 2.42. The number of nitrogens with zero attached hydrogens (tertiary/aromatic N) is 2. The summed E-state index contributed by atoms with van der Waals surface area (Å²) in [4.78, 5) is 18.0. The molecule has 0 aliphatic heterocycles. The lowest BCUT2D eigenvalue weighted by atomic mass is 10.2. The summed E-state index contributed by atoms with van der Waals surface area (Å²) in [5.41, 5.74) is 0. The zero-order valence-corrected chi connectivity index (χ0v) is 10.0. The standard InChI is InChI=1S/C10H16N2O2S/c1-7(10(13)14)5-12(3)6-9-4-11-8(2)15-9/h4,7H,5-6H2,1-3H3,(H,13,14). The summed E-state index contributed by atoms with van der Waals surface area (Å²) < 4.78 is 0. The molecule has 15 heavy (non-hydrogen) atoms. The Labute approximate surface area is 93.6 Å². The van der Waals surface area contributed by atoms with E-state index in [4.69, 9.17) is 5.11 Å². The molecule has 84 valence electrons. The van der Waals surface area contributed by atoms with E-state index in [1.54, 1.807) is 18.3 Å². The van der Waals surface area contributed by atoms with E-state index >= 15 is 0 Å². The summed E-state index contributed by atoms with van der Waals surface area (Å²) in [7, 11) is 1.93. The molecular formula is C10H16N2O2S. The van der Waals surface area contributed by atoms with Gasteiger partial charge in [0.15, 0.2) is 0 Å². The highest BCUT2D eigenvalue weighted by atomic mass is 32.1. The van der Waals surface area contributed by atoms with Crippen molar-refractivity contribution < 1.29 is 9.90 Å². The highest BCUT2D eigenvalue weighted by Crippen LogP contribution is 2.13. The van der Waals surface area contributed by atoms with Crippen LogP contribution in [0.3, 0.4) is 0 Å². The van der Waals surface area contributed by atoms with E-state index in [1.807, 2.05) is 25.1 Å². The Kier molecular flexibility index (Phi) is 4.23. The lowest BCUT2D eigenvalue weighted by Gasteiger charge is -2.17. The van der Waals surface area contributed by atoms with Crippen molar-refractivity contribution in [3.63, 3.8) is 0 Å². The summed E-state index contributed by atoms with van der Waals surface area (Å²) in [6, 6.07) is 0. The van der Waals surface area contributed by atoms with Crippen LogP contribution in [-0.4, -0.2) is 34.6 Å². The minimum Gasteiger partial charge on any atom is -0.481 e. The SMILES string of the molecule is Cc1ncc(CN(C)CC(C)C(=O)O)s1. The smallest absolute Gasteiger partial charge is 0.307 e. The highest BCUT2D eigenvalue weighted by Gasteiger charge is 2.14. The molecule has 0 spiro atoms. The predicted octanol–water partition coefficient (Wildman–Crippen LogP) is 1.60. The molecule has 0 aromatic carbocycles. The number of carbonyl (C=O) groups is 1. The topological polar surface area (TPSA) is 53.4 Å². The van der Waals surface area contributed by atoms with E-state index in [0.717, 1.165) is 11.6 Å². The van der Waals surface area contributed by atoms with Crippen LogP contribution in [0.15, 0.2) is 6.20 Å². The lowest BCUT2D eigenvalue weighted by molar-refractivity contribution is -0.141. The van der Waals surface area contributed by atoms with Gasteiger partial charge >= 0.3 is 5.97 Å². The first-order valence-electron chi connectivity index (χ1n) is 4.81. The average Bonchev–Trinajstić information content (AvgIpc) is 2.50. The summed E-state index contributed by atoms with van der Waals surface area (Å²) in [6.45, 7) is 5.01. The van der Waals surface area contributed by atoms with Crippen LogP contribution in [0.1, 0.15) is 16.8 Å². The van der Waals surface area contributed by atoms with Gasteiger partial charge in [-0.3, -0.25) is 4.79 Å². The normalized spacial score (nSPS) is 13.1. The molecule has 0 radical (unpaired) electrons. The molecule has 0 saturated carbocycles. The van der Waals surface area contributed by atoms with Gasteiger partial charge in [0.2, 0.25) is 0 Å². The molecule has 1 aromatic rings. The van der Waals surface area contributed by atoms with E-state index in [9.17, 15) is 4.79 Å². The first-order valence-corrected chi connectivity index (χ1v) is 5.63. The van der Waals surface area contributed by atoms with Gasteiger partial charge < -0.3 is 10.0 Å². The summed E-state index contributed by atoms with van der Waals surface area (Å²) >= 11 is 1.65. The molecule has 1 rings (SSSR count). The zero-order chi connectivity index (χ0) is 11.4. The molecule has 0 bridgehead atoms. The van der Waals surface area contributed by atoms with E-state index < -0.39 is 5.97 Å². The molecule has 1 atom stereocenters. The van der Waals surface area contributed by atoms with Crippen molar-refractivity contribution >= 4 is 17.3 Å². The molecule has 0 amide bonds. The second-order valence-corrected chi connectivity index (χ2v) is 5.10. The lowest BCUT2D eigenvalue weighted by Crippen LogP contribution is -2.27. The number of carboxylic acids is 1. The fourth-order valence-corrected chi connectivity index (χ4v) is 2.23. The average molecular weight is 228 g/mol. The Morgan fingerprint density at radius 2 is 2.40 bits per heavy atom. The molecule has 1 heterocycles. The fraction of sp³-hybridized carbons (Fsp3) is 0.600. The van der Waals surface area contributed by atoms with Crippen LogP contribution in [0.2, 0.25) is 0 Å². The summed E-state index contributed by atoms with van der Waals surface area (Å²) in [6.07, 6.45) is 1.85. The Bertz CT molecular complexity index is 338. The number of hydrogen-bond donors (Lipinski definition) is 1. The summed E-state index contributed by atoms with van der Waals surface area (Å²) in [5, 5.41) is 9.81. The monoisotopic (exact) mass is 228 g/mol. The number of rotatable bonds is 5. The molecule has 1 unspecified atom stereocenters. The molecule has 1 N–H and O–H groups in total. The van der Waals surface area contributed by atoms with Crippen molar-refractivity contribution in [2.45, 2.75) is 20.4 Å². The van der Waals surface area contributed by atoms with Crippen LogP contribution in [0, 0.1) is 12.8 Å².